The quantitative estimate of drug-likeness (QED) is 0.777. The molecule has 102 valence electrons. The molecule has 2 aromatic carbocycles. The first kappa shape index (κ1) is 13.2. The second kappa shape index (κ2) is 5.69. The summed E-state index contributed by atoms with van der Waals surface area (Å²) in [5.74, 6) is -0.186. The third-order valence-electron chi connectivity index (χ3n) is 3.20. The molecule has 1 aromatic heterocycles. The predicted molar refractivity (Wildman–Crippen MR) is 82.4 cm³/mol. The molecule has 3 aromatic rings. The molecule has 0 atom stereocenters. The lowest BCUT2D eigenvalue weighted by Crippen LogP contribution is -2.10. The molecule has 0 aliphatic rings. The van der Waals surface area contributed by atoms with Gasteiger partial charge >= 0.3 is 0 Å². The third kappa shape index (κ3) is 2.44. The molecule has 1 heterocycles. The molecule has 3 rings (SSSR count). The van der Waals surface area contributed by atoms with Crippen molar-refractivity contribution in [3.05, 3.63) is 53.3 Å². The maximum atomic E-state index is 13.8. The van der Waals surface area contributed by atoms with Crippen molar-refractivity contribution in [2.75, 3.05) is 6.54 Å². The summed E-state index contributed by atoms with van der Waals surface area (Å²) in [5, 5.41) is 5.79. The first-order valence-electron chi connectivity index (χ1n) is 6.62. The number of nitrogens with zero attached hydrogens (tertiary/aromatic N) is 1. The van der Waals surface area contributed by atoms with Gasteiger partial charge in [-0.3, -0.25) is 0 Å². The van der Waals surface area contributed by atoms with E-state index in [1.54, 1.807) is 17.4 Å². The van der Waals surface area contributed by atoms with Gasteiger partial charge in [-0.1, -0.05) is 31.2 Å². The third-order valence-corrected chi connectivity index (χ3v) is 4.23. The summed E-state index contributed by atoms with van der Waals surface area (Å²) in [6, 6.07) is 10.9. The van der Waals surface area contributed by atoms with Gasteiger partial charge in [0.1, 0.15) is 10.8 Å². The average Bonchev–Trinajstić information content (AvgIpc) is 2.94. The largest absolute Gasteiger partial charge is 0.312 e. The first-order valence-corrected chi connectivity index (χ1v) is 7.44. The first-order chi connectivity index (χ1) is 9.79. The Balaban J connectivity index is 2.06. The summed E-state index contributed by atoms with van der Waals surface area (Å²) >= 11 is 1.65. The SMILES string of the molecule is CCNCc1cnc(-c2ccc(F)c3ccccc23)s1. The molecule has 2 nitrogen and oxygen atoms in total. The van der Waals surface area contributed by atoms with Gasteiger partial charge in [0.25, 0.3) is 0 Å². The molecular formula is C16H15FN2S. The van der Waals surface area contributed by atoms with E-state index in [0.29, 0.717) is 5.39 Å². The number of thiazole rings is 1. The fraction of sp³-hybridized carbons (Fsp3) is 0.188. The van der Waals surface area contributed by atoms with Crippen molar-refractivity contribution in [3.63, 3.8) is 0 Å². The Morgan fingerprint density at radius 2 is 1.95 bits per heavy atom. The topological polar surface area (TPSA) is 24.9 Å². The lowest BCUT2D eigenvalue weighted by Gasteiger charge is -2.04. The van der Waals surface area contributed by atoms with E-state index in [-0.39, 0.29) is 5.82 Å². The van der Waals surface area contributed by atoms with Crippen LogP contribution in [0.2, 0.25) is 0 Å². The molecule has 0 aliphatic carbocycles. The van der Waals surface area contributed by atoms with Gasteiger partial charge in [-0.05, 0) is 24.1 Å². The van der Waals surface area contributed by atoms with Crippen molar-refractivity contribution >= 4 is 22.1 Å². The number of fused-ring (bicyclic) bond motifs is 1. The zero-order valence-corrected chi connectivity index (χ0v) is 12.0. The Morgan fingerprint density at radius 3 is 2.75 bits per heavy atom. The minimum Gasteiger partial charge on any atom is -0.312 e. The smallest absolute Gasteiger partial charge is 0.131 e. The lowest BCUT2D eigenvalue weighted by atomic mass is 10.0. The van der Waals surface area contributed by atoms with Gasteiger partial charge in [0, 0.05) is 28.6 Å². The summed E-state index contributed by atoms with van der Waals surface area (Å²) in [6.45, 7) is 3.84. The maximum Gasteiger partial charge on any atom is 0.131 e. The van der Waals surface area contributed by atoms with Crippen LogP contribution in [-0.2, 0) is 6.54 Å². The van der Waals surface area contributed by atoms with Crippen LogP contribution in [0.25, 0.3) is 21.3 Å². The van der Waals surface area contributed by atoms with Gasteiger partial charge < -0.3 is 5.32 Å². The minimum absolute atomic E-state index is 0.186. The summed E-state index contributed by atoms with van der Waals surface area (Å²) in [6.07, 6.45) is 1.89. The molecule has 0 unspecified atom stereocenters. The van der Waals surface area contributed by atoms with Crippen LogP contribution >= 0.6 is 11.3 Å². The molecule has 0 aliphatic heterocycles. The summed E-state index contributed by atoms with van der Waals surface area (Å²) in [4.78, 5) is 5.67. The van der Waals surface area contributed by atoms with Gasteiger partial charge in [-0.2, -0.15) is 0 Å². The number of rotatable bonds is 4. The zero-order valence-electron chi connectivity index (χ0n) is 11.2. The monoisotopic (exact) mass is 286 g/mol. The number of hydrogen-bond acceptors (Lipinski definition) is 3. The second-order valence-corrected chi connectivity index (χ2v) is 5.67. The van der Waals surface area contributed by atoms with E-state index in [1.807, 2.05) is 30.5 Å². The number of benzene rings is 2. The van der Waals surface area contributed by atoms with E-state index in [2.05, 4.69) is 17.2 Å². The van der Waals surface area contributed by atoms with E-state index in [4.69, 9.17) is 0 Å². The summed E-state index contributed by atoms with van der Waals surface area (Å²) in [7, 11) is 0. The van der Waals surface area contributed by atoms with E-state index in [9.17, 15) is 4.39 Å². The van der Waals surface area contributed by atoms with E-state index < -0.39 is 0 Å². The Labute approximate surface area is 121 Å². The van der Waals surface area contributed by atoms with Crippen LogP contribution in [0.3, 0.4) is 0 Å². The molecule has 0 saturated heterocycles. The van der Waals surface area contributed by atoms with Crippen LogP contribution in [-0.4, -0.2) is 11.5 Å². The van der Waals surface area contributed by atoms with Gasteiger partial charge in [0.05, 0.1) is 0 Å². The number of hydrogen-bond donors (Lipinski definition) is 1. The zero-order chi connectivity index (χ0) is 13.9. The molecule has 0 fully saturated rings. The Bertz CT molecular complexity index is 736. The highest BCUT2D eigenvalue weighted by molar-refractivity contribution is 7.15. The normalized spacial score (nSPS) is 11.1. The fourth-order valence-electron chi connectivity index (χ4n) is 2.21. The molecule has 20 heavy (non-hydrogen) atoms. The van der Waals surface area contributed by atoms with Gasteiger partial charge in [0.2, 0.25) is 0 Å². The highest BCUT2D eigenvalue weighted by Gasteiger charge is 2.10. The second-order valence-electron chi connectivity index (χ2n) is 4.55. The molecule has 4 heteroatoms. The Hall–Kier alpha value is -1.78. The van der Waals surface area contributed by atoms with Gasteiger partial charge in [-0.15, -0.1) is 11.3 Å². The Kier molecular flexibility index (Phi) is 3.76. The maximum absolute atomic E-state index is 13.8. The molecule has 0 amide bonds. The minimum atomic E-state index is -0.186. The summed E-state index contributed by atoms with van der Waals surface area (Å²) < 4.78 is 13.8. The van der Waals surface area contributed by atoms with Crippen molar-refractivity contribution in [2.24, 2.45) is 0 Å². The van der Waals surface area contributed by atoms with Crippen LogP contribution in [0.15, 0.2) is 42.6 Å². The van der Waals surface area contributed by atoms with Gasteiger partial charge in [-0.25, -0.2) is 9.37 Å². The average molecular weight is 286 g/mol. The van der Waals surface area contributed by atoms with Crippen molar-refractivity contribution in [2.45, 2.75) is 13.5 Å². The van der Waals surface area contributed by atoms with Crippen LogP contribution < -0.4 is 5.32 Å². The lowest BCUT2D eigenvalue weighted by molar-refractivity contribution is 0.640. The van der Waals surface area contributed by atoms with Crippen molar-refractivity contribution in [1.82, 2.24) is 10.3 Å². The predicted octanol–water partition coefficient (Wildman–Crippen LogP) is 4.21. The molecule has 0 bridgehead atoms. The van der Waals surface area contributed by atoms with E-state index >= 15 is 0 Å². The highest BCUT2D eigenvalue weighted by Crippen LogP contribution is 2.32. The number of aromatic nitrogens is 1. The van der Waals surface area contributed by atoms with Gasteiger partial charge in [0.15, 0.2) is 0 Å². The molecular weight excluding hydrogens is 271 g/mol. The molecule has 0 saturated carbocycles. The van der Waals surface area contributed by atoms with Crippen LogP contribution in [0, 0.1) is 5.82 Å². The number of nitrogens with one attached hydrogen (secondary N) is 1. The standard InChI is InChI=1S/C16H15FN2S/c1-2-18-9-11-10-19-16(20-11)14-7-8-15(17)13-6-4-3-5-12(13)14/h3-8,10,18H,2,9H2,1H3. The van der Waals surface area contributed by atoms with Crippen LogP contribution in [0.5, 0.6) is 0 Å². The van der Waals surface area contributed by atoms with E-state index in [1.165, 1.54) is 10.9 Å². The Morgan fingerprint density at radius 1 is 1.15 bits per heavy atom. The highest BCUT2D eigenvalue weighted by atomic mass is 32.1. The van der Waals surface area contributed by atoms with Crippen molar-refractivity contribution in [3.8, 4) is 10.6 Å². The van der Waals surface area contributed by atoms with Crippen molar-refractivity contribution < 1.29 is 4.39 Å². The molecule has 1 N–H and O–H groups in total. The fourth-order valence-corrected chi connectivity index (χ4v) is 3.13. The van der Waals surface area contributed by atoms with Crippen molar-refractivity contribution in [1.29, 1.82) is 0 Å². The molecule has 0 spiro atoms. The van der Waals surface area contributed by atoms with Crippen LogP contribution in [0.1, 0.15) is 11.8 Å². The van der Waals surface area contributed by atoms with E-state index in [0.717, 1.165) is 29.0 Å². The van der Waals surface area contributed by atoms with Crippen LogP contribution in [0.4, 0.5) is 4.39 Å². The summed E-state index contributed by atoms with van der Waals surface area (Å²) in [5.41, 5.74) is 0.995. The molecule has 0 radical (unpaired) electrons. The number of halogens is 1.